The third kappa shape index (κ3) is 3.23. The molecule has 1 atom stereocenters. The molecule has 21 heavy (non-hydrogen) atoms. The number of rotatable bonds is 5. The zero-order valence-electron chi connectivity index (χ0n) is 11.9. The van der Waals surface area contributed by atoms with Crippen LogP contribution in [0.5, 0.6) is 5.75 Å². The van der Waals surface area contributed by atoms with Gasteiger partial charge in [-0.3, -0.25) is 0 Å². The Balaban J connectivity index is 1.62. The highest BCUT2D eigenvalue weighted by Crippen LogP contribution is 2.14. The molecule has 4 nitrogen and oxygen atoms in total. The fourth-order valence-electron chi connectivity index (χ4n) is 2.33. The molecule has 0 unspecified atom stereocenters. The van der Waals surface area contributed by atoms with Gasteiger partial charge in [0.25, 0.3) is 0 Å². The van der Waals surface area contributed by atoms with Gasteiger partial charge in [-0.05, 0) is 36.8 Å². The largest absolute Gasteiger partial charge is 0.491 e. The molecule has 0 radical (unpaired) electrons. The summed E-state index contributed by atoms with van der Waals surface area (Å²) in [5, 5.41) is 10.1. The number of aromatic nitrogens is 2. The van der Waals surface area contributed by atoms with E-state index in [0.29, 0.717) is 6.54 Å². The Labute approximate surface area is 123 Å². The molecule has 3 aromatic rings. The number of fused-ring (bicyclic) bond motifs is 1. The molecule has 1 aromatic heterocycles. The summed E-state index contributed by atoms with van der Waals surface area (Å²) in [7, 11) is 0. The van der Waals surface area contributed by atoms with Gasteiger partial charge in [0.15, 0.2) is 0 Å². The second-order valence-electron chi connectivity index (χ2n) is 5.17. The number of nitrogens with zero attached hydrogens (tertiary/aromatic N) is 2. The Morgan fingerprint density at radius 3 is 2.90 bits per heavy atom. The van der Waals surface area contributed by atoms with Gasteiger partial charge in [0.05, 0.1) is 23.9 Å². The highest BCUT2D eigenvalue weighted by Gasteiger charge is 2.09. The van der Waals surface area contributed by atoms with Crippen molar-refractivity contribution >= 4 is 11.0 Å². The van der Waals surface area contributed by atoms with E-state index in [1.165, 1.54) is 0 Å². The van der Waals surface area contributed by atoms with E-state index < -0.39 is 6.10 Å². The first kappa shape index (κ1) is 13.6. The molecule has 1 N–H and O–H groups in total. The number of imidazole rings is 1. The summed E-state index contributed by atoms with van der Waals surface area (Å²) in [6, 6.07) is 15.7. The van der Waals surface area contributed by atoms with Crippen LogP contribution in [0.1, 0.15) is 5.56 Å². The maximum Gasteiger partial charge on any atom is 0.119 e. The summed E-state index contributed by atoms with van der Waals surface area (Å²) in [6.45, 7) is 2.74. The van der Waals surface area contributed by atoms with Crippen LogP contribution >= 0.6 is 0 Å². The summed E-state index contributed by atoms with van der Waals surface area (Å²) in [5.74, 6) is 0.782. The van der Waals surface area contributed by atoms with E-state index in [1.54, 1.807) is 6.33 Å². The van der Waals surface area contributed by atoms with Crippen molar-refractivity contribution in [2.24, 2.45) is 0 Å². The number of para-hydroxylation sites is 2. The lowest BCUT2D eigenvalue weighted by Crippen LogP contribution is -2.23. The number of hydrogen-bond acceptors (Lipinski definition) is 3. The van der Waals surface area contributed by atoms with Gasteiger partial charge in [-0.2, -0.15) is 0 Å². The molecule has 0 saturated heterocycles. The number of aliphatic hydroxyl groups excluding tert-OH is 1. The lowest BCUT2D eigenvalue weighted by molar-refractivity contribution is 0.0934. The van der Waals surface area contributed by atoms with Crippen LogP contribution in [-0.4, -0.2) is 27.4 Å². The van der Waals surface area contributed by atoms with Crippen LogP contribution < -0.4 is 4.74 Å². The summed E-state index contributed by atoms with van der Waals surface area (Å²) in [5.41, 5.74) is 3.10. The first-order valence-electron chi connectivity index (χ1n) is 7.00. The van der Waals surface area contributed by atoms with E-state index in [9.17, 15) is 5.11 Å². The summed E-state index contributed by atoms with van der Waals surface area (Å²) in [4.78, 5) is 4.31. The van der Waals surface area contributed by atoms with Gasteiger partial charge in [-0.15, -0.1) is 0 Å². The minimum atomic E-state index is -0.580. The average molecular weight is 282 g/mol. The molecule has 0 fully saturated rings. The van der Waals surface area contributed by atoms with Crippen LogP contribution in [0.2, 0.25) is 0 Å². The van der Waals surface area contributed by atoms with E-state index >= 15 is 0 Å². The molecule has 0 amide bonds. The normalized spacial score (nSPS) is 12.5. The maximum atomic E-state index is 10.1. The Kier molecular flexibility index (Phi) is 3.88. The minimum absolute atomic E-state index is 0.260. The minimum Gasteiger partial charge on any atom is -0.491 e. The predicted molar refractivity (Wildman–Crippen MR) is 82.4 cm³/mol. The fourth-order valence-corrected chi connectivity index (χ4v) is 2.33. The number of ether oxygens (including phenoxy) is 1. The van der Waals surface area contributed by atoms with Crippen molar-refractivity contribution < 1.29 is 9.84 Å². The molecular formula is C17H18N2O2. The predicted octanol–water partition coefficient (Wildman–Crippen LogP) is 2.78. The van der Waals surface area contributed by atoms with Gasteiger partial charge >= 0.3 is 0 Å². The van der Waals surface area contributed by atoms with Crippen molar-refractivity contribution in [1.82, 2.24) is 9.55 Å². The van der Waals surface area contributed by atoms with E-state index in [2.05, 4.69) is 4.98 Å². The third-order valence-corrected chi connectivity index (χ3v) is 3.37. The van der Waals surface area contributed by atoms with Crippen LogP contribution in [0.15, 0.2) is 54.9 Å². The molecule has 2 aromatic carbocycles. The molecule has 0 bridgehead atoms. The quantitative estimate of drug-likeness (QED) is 0.782. The first-order chi connectivity index (χ1) is 10.2. The maximum absolute atomic E-state index is 10.1. The Morgan fingerprint density at radius 1 is 1.19 bits per heavy atom. The summed E-state index contributed by atoms with van der Waals surface area (Å²) < 4.78 is 7.57. The second kappa shape index (κ2) is 5.97. The zero-order valence-corrected chi connectivity index (χ0v) is 11.9. The molecular weight excluding hydrogens is 264 g/mol. The van der Waals surface area contributed by atoms with Crippen molar-refractivity contribution in [1.29, 1.82) is 0 Å². The Hall–Kier alpha value is -2.33. The number of benzene rings is 2. The van der Waals surface area contributed by atoms with Gasteiger partial charge in [-0.25, -0.2) is 4.98 Å². The highest BCUT2D eigenvalue weighted by molar-refractivity contribution is 5.74. The van der Waals surface area contributed by atoms with Crippen molar-refractivity contribution in [2.45, 2.75) is 19.6 Å². The molecule has 108 valence electrons. The Bertz CT molecular complexity index is 736. The molecule has 0 aliphatic heterocycles. The van der Waals surface area contributed by atoms with Crippen molar-refractivity contribution in [2.75, 3.05) is 6.61 Å². The third-order valence-electron chi connectivity index (χ3n) is 3.37. The van der Waals surface area contributed by atoms with Gasteiger partial charge in [0.2, 0.25) is 0 Å². The van der Waals surface area contributed by atoms with Crippen LogP contribution in [0.25, 0.3) is 11.0 Å². The van der Waals surface area contributed by atoms with E-state index in [1.807, 2.05) is 60.0 Å². The van der Waals surface area contributed by atoms with Gasteiger partial charge < -0.3 is 14.4 Å². The summed E-state index contributed by atoms with van der Waals surface area (Å²) in [6.07, 6.45) is 1.17. The number of aliphatic hydroxyl groups is 1. The zero-order chi connectivity index (χ0) is 14.7. The second-order valence-corrected chi connectivity index (χ2v) is 5.17. The smallest absolute Gasteiger partial charge is 0.119 e. The van der Waals surface area contributed by atoms with Crippen LogP contribution in [0.3, 0.4) is 0 Å². The lowest BCUT2D eigenvalue weighted by atomic mass is 10.2. The summed E-state index contributed by atoms with van der Waals surface area (Å²) >= 11 is 0. The number of hydrogen-bond donors (Lipinski definition) is 1. The molecule has 4 heteroatoms. The average Bonchev–Trinajstić information content (AvgIpc) is 2.89. The Morgan fingerprint density at radius 2 is 2.05 bits per heavy atom. The van der Waals surface area contributed by atoms with E-state index in [-0.39, 0.29) is 6.61 Å². The van der Waals surface area contributed by atoms with Crippen LogP contribution in [0, 0.1) is 6.92 Å². The molecule has 0 saturated carbocycles. The standard InChI is InChI=1S/C17H18N2O2/c1-13-5-4-6-15(9-13)21-11-14(20)10-19-12-18-16-7-2-3-8-17(16)19/h2-9,12,14,20H,10-11H2,1H3/t14-/m0/s1. The number of aryl methyl sites for hydroxylation is 1. The van der Waals surface area contributed by atoms with Crippen molar-refractivity contribution in [3.63, 3.8) is 0 Å². The topological polar surface area (TPSA) is 47.3 Å². The molecule has 0 aliphatic rings. The highest BCUT2D eigenvalue weighted by atomic mass is 16.5. The monoisotopic (exact) mass is 282 g/mol. The molecule has 1 heterocycles. The fraction of sp³-hybridized carbons (Fsp3) is 0.235. The SMILES string of the molecule is Cc1cccc(OC[C@@H](O)Cn2cnc3ccccc32)c1. The molecule has 0 aliphatic carbocycles. The van der Waals surface area contributed by atoms with Gasteiger partial charge in [-0.1, -0.05) is 24.3 Å². The lowest BCUT2D eigenvalue weighted by Gasteiger charge is -2.13. The van der Waals surface area contributed by atoms with Crippen molar-refractivity contribution in [3.05, 3.63) is 60.4 Å². The van der Waals surface area contributed by atoms with E-state index in [4.69, 9.17) is 4.74 Å². The van der Waals surface area contributed by atoms with E-state index in [0.717, 1.165) is 22.3 Å². The van der Waals surface area contributed by atoms with Crippen molar-refractivity contribution in [3.8, 4) is 5.75 Å². The molecule has 0 spiro atoms. The molecule has 3 rings (SSSR count). The van der Waals surface area contributed by atoms with Gasteiger partial charge in [0.1, 0.15) is 18.5 Å². The van der Waals surface area contributed by atoms with Crippen LogP contribution in [-0.2, 0) is 6.54 Å². The van der Waals surface area contributed by atoms with Crippen LogP contribution in [0.4, 0.5) is 0 Å². The van der Waals surface area contributed by atoms with Gasteiger partial charge in [0, 0.05) is 0 Å². The first-order valence-corrected chi connectivity index (χ1v) is 7.00.